The Balaban J connectivity index is 1.47. The fraction of sp³-hybridized carbons (Fsp3) is 1.00. The van der Waals surface area contributed by atoms with Crippen molar-refractivity contribution in [2.75, 3.05) is 19.7 Å². The molecule has 6 unspecified atom stereocenters. The highest BCUT2D eigenvalue weighted by molar-refractivity contribution is 4.86. The van der Waals surface area contributed by atoms with Crippen LogP contribution in [0.2, 0.25) is 0 Å². The molecule has 1 aliphatic carbocycles. The molecule has 6 N–H and O–H groups in total. The van der Waals surface area contributed by atoms with Crippen LogP contribution < -0.4 is 31.9 Å². The van der Waals surface area contributed by atoms with Crippen molar-refractivity contribution in [2.24, 2.45) is 5.92 Å². The molecule has 3 rings (SSSR count). The van der Waals surface area contributed by atoms with E-state index >= 15 is 0 Å². The van der Waals surface area contributed by atoms with Gasteiger partial charge in [0.05, 0.1) is 5.92 Å². The van der Waals surface area contributed by atoms with Gasteiger partial charge in [0.25, 0.3) is 0 Å². The van der Waals surface area contributed by atoms with Crippen LogP contribution in [-0.4, -0.2) is 56.9 Å². The monoisotopic (exact) mass is 422 g/mol. The third-order valence-corrected chi connectivity index (χ3v) is 6.10. The first-order chi connectivity index (χ1) is 13.9. The third kappa shape index (κ3) is 7.61. The van der Waals surface area contributed by atoms with Crippen molar-refractivity contribution < 1.29 is 17.9 Å². The van der Waals surface area contributed by atoms with E-state index in [0.717, 1.165) is 25.9 Å². The van der Waals surface area contributed by atoms with Crippen LogP contribution in [0.25, 0.3) is 0 Å². The summed E-state index contributed by atoms with van der Waals surface area (Å²) in [7, 11) is 0. The lowest BCUT2D eigenvalue weighted by molar-refractivity contribution is -0.184. The number of nitrogens with one attached hydrogen (secondary N) is 6. The van der Waals surface area contributed by atoms with Gasteiger partial charge in [0.15, 0.2) is 6.35 Å². The van der Waals surface area contributed by atoms with E-state index in [4.69, 9.17) is 4.74 Å². The van der Waals surface area contributed by atoms with Gasteiger partial charge in [-0.05, 0) is 58.5 Å². The second kappa shape index (κ2) is 11.2. The molecular formula is C19H37F3N6O. The van der Waals surface area contributed by atoms with Crippen LogP contribution in [0.5, 0.6) is 0 Å². The van der Waals surface area contributed by atoms with E-state index < -0.39 is 12.1 Å². The maximum atomic E-state index is 13.1. The Morgan fingerprint density at radius 3 is 2.55 bits per heavy atom. The molecule has 10 heteroatoms. The molecule has 0 bridgehead atoms. The number of halogens is 3. The zero-order valence-electron chi connectivity index (χ0n) is 17.3. The van der Waals surface area contributed by atoms with Gasteiger partial charge in [-0.1, -0.05) is 12.8 Å². The highest BCUT2D eigenvalue weighted by Gasteiger charge is 2.42. The van der Waals surface area contributed by atoms with Gasteiger partial charge >= 0.3 is 6.18 Å². The van der Waals surface area contributed by atoms with Crippen LogP contribution in [0.3, 0.4) is 0 Å². The van der Waals surface area contributed by atoms with Gasteiger partial charge in [-0.3, -0.25) is 26.6 Å². The van der Waals surface area contributed by atoms with E-state index in [9.17, 15) is 13.2 Å². The summed E-state index contributed by atoms with van der Waals surface area (Å²) in [5, 5.41) is 20.2. The Morgan fingerprint density at radius 1 is 1.00 bits per heavy atom. The molecule has 2 aliphatic heterocycles. The van der Waals surface area contributed by atoms with Gasteiger partial charge in [0.2, 0.25) is 0 Å². The molecule has 2 saturated heterocycles. The summed E-state index contributed by atoms with van der Waals surface area (Å²) in [6.45, 7) is 4.39. The number of alkyl halides is 3. The summed E-state index contributed by atoms with van der Waals surface area (Å²) in [5.41, 5.74) is 0. The number of hydrogen-bond acceptors (Lipinski definition) is 7. The number of hydrogen-bond donors (Lipinski definition) is 6. The second-order valence-electron chi connectivity index (χ2n) is 8.36. The van der Waals surface area contributed by atoms with Crippen molar-refractivity contribution in [1.29, 1.82) is 0 Å². The van der Waals surface area contributed by atoms with Crippen molar-refractivity contribution in [2.45, 2.75) is 95.5 Å². The molecule has 0 spiro atoms. The van der Waals surface area contributed by atoms with Crippen LogP contribution in [0.1, 0.15) is 58.3 Å². The minimum atomic E-state index is -4.11. The van der Waals surface area contributed by atoms with Gasteiger partial charge in [0.1, 0.15) is 12.6 Å². The number of ether oxygens (including phenoxy) is 1. The molecule has 6 atom stereocenters. The van der Waals surface area contributed by atoms with Crippen molar-refractivity contribution in [1.82, 2.24) is 31.9 Å². The molecule has 29 heavy (non-hydrogen) atoms. The van der Waals surface area contributed by atoms with Crippen LogP contribution in [-0.2, 0) is 4.74 Å². The van der Waals surface area contributed by atoms with Crippen molar-refractivity contribution in [3.8, 4) is 0 Å². The fourth-order valence-corrected chi connectivity index (χ4v) is 4.54. The van der Waals surface area contributed by atoms with Gasteiger partial charge in [-0.15, -0.1) is 0 Å². The molecule has 170 valence electrons. The van der Waals surface area contributed by atoms with Gasteiger partial charge in [-0.25, -0.2) is 0 Å². The van der Waals surface area contributed by atoms with E-state index in [2.05, 4.69) is 31.9 Å². The highest BCUT2D eigenvalue weighted by atomic mass is 19.4. The lowest BCUT2D eigenvalue weighted by atomic mass is 9.85. The highest BCUT2D eigenvalue weighted by Crippen LogP contribution is 2.37. The lowest BCUT2D eigenvalue weighted by Gasteiger charge is -2.41. The SMILES string of the molecule is CCOC1NC(NCCC2CCCCN2)NC(NC2CCCC(C(F)(F)F)C2)N1. The standard InChI is InChI=1S/C19H37F3N6O/c1-2-29-18-27-16(24-11-9-14-7-3-4-10-23-14)26-17(28-18)25-15-8-5-6-13(12-15)19(20,21)22/h13-18,23-28H,2-12H2,1H3. The van der Waals surface area contributed by atoms with Crippen molar-refractivity contribution in [3.05, 3.63) is 0 Å². The molecule has 0 aromatic heterocycles. The molecule has 1 saturated carbocycles. The molecule has 3 fully saturated rings. The lowest BCUT2D eigenvalue weighted by Crippen LogP contribution is -2.75. The molecule has 0 aromatic carbocycles. The number of piperidine rings is 1. The van der Waals surface area contributed by atoms with Gasteiger partial charge in [-0.2, -0.15) is 13.2 Å². The van der Waals surface area contributed by atoms with Crippen LogP contribution >= 0.6 is 0 Å². The maximum Gasteiger partial charge on any atom is 0.391 e. The minimum Gasteiger partial charge on any atom is -0.350 e. The predicted molar refractivity (Wildman–Crippen MR) is 106 cm³/mol. The largest absolute Gasteiger partial charge is 0.391 e. The normalized spacial score (nSPS) is 36.8. The molecule has 7 nitrogen and oxygen atoms in total. The van der Waals surface area contributed by atoms with Crippen molar-refractivity contribution in [3.63, 3.8) is 0 Å². The van der Waals surface area contributed by atoms with E-state index in [1.165, 1.54) is 19.3 Å². The first-order valence-corrected chi connectivity index (χ1v) is 11.1. The number of rotatable bonds is 8. The van der Waals surface area contributed by atoms with Crippen LogP contribution in [0.4, 0.5) is 13.2 Å². The average molecular weight is 423 g/mol. The van der Waals surface area contributed by atoms with E-state index in [-0.39, 0.29) is 37.8 Å². The smallest absolute Gasteiger partial charge is 0.350 e. The summed E-state index contributed by atoms with van der Waals surface area (Å²) in [6, 6.07) is 0.379. The summed E-state index contributed by atoms with van der Waals surface area (Å²) < 4.78 is 45.0. The van der Waals surface area contributed by atoms with Crippen LogP contribution in [0, 0.1) is 5.92 Å². The Labute approximate surface area is 171 Å². The van der Waals surface area contributed by atoms with E-state index in [1.807, 2.05) is 6.92 Å². The third-order valence-electron chi connectivity index (χ3n) is 6.10. The Morgan fingerprint density at radius 2 is 1.83 bits per heavy atom. The van der Waals surface area contributed by atoms with E-state index in [0.29, 0.717) is 19.1 Å². The molecule has 0 aromatic rings. The molecule has 0 radical (unpaired) electrons. The summed E-state index contributed by atoms with van der Waals surface area (Å²) in [5.74, 6) is -1.21. The zero-order chi connectivity index (χ0) is 20.7. The minimum absolute atomic E-state index is 0.127. The summed E-state index contributed by atoms with van der Waals surface area (Å²) >= 11 is 0. The maximum absolute atomic E-state index is 13.1. The fourth-order valence-electron chi connectivity index (χ4n) is 4.54. The van der Waals surface area contributed by atoms with Crippen LogP contribution in [0.15, 0.2) is 0 Å². The predicted octanol–water partition coefficient (Wildman–Crippen LogP) is 1.49. The summed E-state index contributed by atoms with van der Waals surface area (Å²) in [4.78, 5) is 0. The molecular weight excluding hydrogens is 385 g/mol. The Kier molecular flexibility index (Phi) is 8.97. The molecule has 3 aliphatic rings. The van der Waals surface area contributed by atoms with Gasteiger partial charge in [0, 0.05) is 18.7 Å². The average Bonchev–Trinajstić information content (AvgIpc) is 2.68. The zero-order valence-corrected chi connectivity index (χ0v) is 17.3. The van der Waals surface area contributed by atoms with Gasteiger partial charge < -0.3 is 10.1 Å². The van der Waals surface area contributed by atoms with Crippen molar-refractivity contribution >= 4 is 0 Å². The molecule has 0 amide bonds. The molecule has 2 heterocycles. The quantitative estimate of drug-likeness (QED) is 0.354. The topological polar surface area (TPSA) is 81.4 Å². The van der Waals surface area contributed by atoms with E-state index in [1.54, 1.807) is 0 Å². The Bertz CT molecular complexity index is 477. The second-order valence-corrected chi connectivity index (χ2v) is 8.36. The first-order valence-electron chi connectivity index (χ1n) is 11.1. The first kappa shape index (κ1) is 23.2. The Hall–Kier alpha value is -0.490. The summed E-state index contributed by atoms with van der Waals surface area (Å²) in [6.07, 6.45) is 1.50.